The summed E-state index contributed by atoms with van der Waals surface area (Å²) >= 11 is 0. The lowest BCUT2D eigenvalue weighted by molar-refractivity contribution is -0.142. The van der Waals surface area contributed by atoms with Gasteiger partial charge in [0.25, 0.3) is 5.91 Å². The lowest BCUT2D eigenvalue weighted by Crippen LogP contribution is -2.43. The number of nitrogens with zero attached hydrogens (tertiary/aromatic N) is 1. The zero-order chi connectivity index (χ0) is 15.2. The van der Waals surface area contributed by atoms with Crippen molar-refractivity contribution in [2.75, 3.05) is 20.2 Å². The number of carbonyl (C=O) groups is 2. The lowest BCUT2D eigenvalue weighted by Gasteiger charge is -2.37. The summed E-state index contributed by atoms with van der Waals surface area (Å²) < 4.78 is 4.74. The van der Waals surface area contributed by atoms with Crippen LogP contribution in [0.5, 0.6) is 0 Å². The Morgan fingerprint density at radius 1 is 1.38 bits per heavy atom. The number of rotatable bonds is 4. The fourth-order valence-corrected chi connectivity index (χ4v) is 2.80. The summed E-state index contributed by atoms with van der Waals surface area (Å²) in [5.41, 5.74) is 0.701. The summed E-state index contributed by atoms with van der Waals surface area (Å²) in [7, 11) is 1.40. The number of likely N-dealkylation sites (tertiary alicyclic amines) is 1. The summed E-state index contributed by atoms with van der Waals surface area (Å²) in [5.74, 6) is 0.175. The van der Waals surface area contributed by atoms with E-state index in [1.54, 1.807) is 0 Å². The van der Waals surface area contributed by atoms with E-state index in [1.807, 2.05) is 41.3 Å². The topological polar surface area (TPSA) is 46.6 Å². The second kappa shape index (κ2) is 7.07. The normalized spacial score (nSPS) is 21.7. The third kappa shape index (κ3) is 3.72. The van der Waals surface area contributed by atoms with Crippen molar-refractivity contribution in [3.8, 4) is 0 Å². The molecule has 1 amide bonds. The van der Waals surface area contributed by atoms with Crippen LogP contribution < -0.4 is 0 Å². The van der Waals surface area contributed by atoms with Crippen molar-refractivity contribution in [2.24, 2.45) is 11.8 Å². The first-order chi connectivity index (χ1) is 10.2. The van der Waals surface area contributed by atoms with Gasteiger partial charge in [-0.15, -0.1) is 6.58 Å². The molecule has 1 aliphatic heterocycles. The first kappa shape index (κ1) is 15.3. The van der Waals surface area contributed by atoms with Crippen LogP contribution in [0.1, 0.15) is 23.2 Å². The Labute approximate surface area is 125 Å². The van der Waals surface area contributed by atoms with Gasteiger partial charge in [0.05, 0.1) is 7.11 Å². The van der Waals surface area contributed by atoms with Crippen molar-refractivity contribution in [1.29, 1.82) is 0 Å². The van der Waals surface area contributed by atoms with E-state index in [1.165, 1.54) is 7.11 Å². The predicted octanol–water partition coefficient (Wildman–Crippen LogP) is 2.51. The van der Waals surface area contributed by atoms with Crippen LogP contribution in [0, 0.1) is 11.8 Å². The van der Waals surface area contributed by atoms with Gasteiger partial charge in [-0.1, -0.05) is 24.3 Å². The van der Waals surface area contributed by atoms with Crippen molar-refractivity contribution < 1.29 is 14.3 Å². The molecular formula is C17H21NO3. The highest BCUT2D eigenvalue weighted by Gasteiger charge is 2.31. The average molecular weight is 287 g/mol. The maximum absolute atomic E-state index is 12.4. The Kier molecular flexibility index (Phi) is 5.14. The van der Waals surface area contributed by atoms with Gasteiger partial charge in [0, 0.05) is 25.1 Å². The maximum Gasteiger partial charge on any atom is 0.305 e. The summed E-state index contributed by atoms with van der Waals surface area (Å²) in [6, 6.07) is 9.27. The number of hydrogen-bond acceptors (Lipinski definition) is 3. The molecule has 0 radical (unpaired) electrons. The molecule has 0 aromatic heterocycles. The molecule has 2 atom stereocenters. The van der Waals surface area contributed by atoms with Gasteiger partial charge in [-0.25, -0.2) is 0 Å². The van der Waals surface area contributed by atoms with E-state index in [4.69, 9.17) is 4.74 Å². The van der Waals surface area contributed by atoms with E-state index in [0.29, 0.717) is 25.1 Å². The van der Waals surface area contributed by atoms with E-state index in [9.17, 15) is 9.59 Å². The Balaban J connectivity index is 2.02. The van der Waals surface area contributed by atoms with Crippen LogP contribution in [-0.2, 0) is 9.53 Å². The molecule has 2 rings (SSSR count). The first-order valence-corrected chi connectivity index (χ1v) is 7.19. The van der Waals surface area contributed by atoms with Crippen LogP contribution >= 0.6 is 0 Å². The molecule has 4 nitrogen and oxygen atoms in total. The largest absolute Gasteiger partial charge is 0.469 e. The molecule has 0 N–H and O–H groups in total. The molecule has 1 aromatic rings. The van der Waals surface area contributed by atoms with Crippen LogP contribution in [0.25, 0.3) is 0 Å². The second-order valence-corrected chi connectivity index (χ2v) is 5.35. The summed E-state index contributed by atoms with van der Waals surface area (Å²) in [5, 5.41) is 0. The molecule has 0 spiro atoms. The van der Waals surface area contributed by atoms with Gasteiger partial charge >= 0.3 is 5.97 Å². The fraction of sp³-hybridized carbons (Fsp3) is 0.412. The van der Waals surface area contributed by atoms with E-state index in [0.717, 1.165) is 6.42 Å². The summed E-state index contributed by atoms with van der Waals surface area (Å²) in [4.78, 5) is 25.7. The maximum atomic E-state index is 12.4. The van der Waals surface area contributed by atoms with E-state index < -0.39 is 0 Å². The van der Waals surface area contributed by atoms with Gasteiger partial charge in [0.15, 0.2) is 0 Å². The van der Waals surface area contributed by atoms with Gasteiger partial charge < -0.3 is 9.64 Å². The smallest absolute Gasteiger partial charge is 0.305 e. The molecule has 21 heavy (non-hydrogen) atoms. The molecule has 0 unspecified atom stereocenters. The van der Waals surface area contributed by atoms with Gasteiger partial charge in [-0.2, -0.15) is 0 Å². The molecule has 1 heterocycles. The molecule has 1 saturated heterocycles. The first-order valence-electron chi connectivity index (χ1n) is 7.19. The highest BCUT2D eigenvalue weighted by atomic mass is 16.5. The number of piperidine rings is 1. The van der Waals surface area contributed by atoms with Crippen LogP contribution in [0.4, 0.5) is 0 Å². The van der Waals surface area contributed by atoms with Gasteiger partial charge in [-0.3, -0.25) is 9.59 Å². The highest BCUT2D eigenvalue weighted by Crippen LogP contribution is 2.28. The number of ether oxygens (including phenoxy) is 1. The Morgan fingerprint density at radius 3 is 2.71 bits per heavy atom. The minimum absolute atomic E-state index is 0.0407. The van der Waals surface area contributed by atoms with Gasteiger partial charge in [-0.05, 0) is 30.4 Å². The third-order valence-electron chi connectivity index (χ3n) is 4.07. The quantitative estimate of drug-likeness (QED) is 0.631. The zero-order valence-corrected chi connectivity index (χ0v) is 12.3. The highest BCUT2D eigenvalue weighted by molar-refractivity contribution is 5.94. The number of amides is 1. The minimum atomic E-state index is -0.199. The average Bonchev–Trinajstić information content (AvgIpc) is 2.55. The van der Waals surface area contributed by atoms with Gasteiger partial charge in [0.2, 0.25) is 0 Å². The Hall–Kier alpha value is -2.10. The zero-order valence-electron chi connectivity index (χ0n) is 12.3. The van der Waals surface area contributed by atoms with E-state index >= 15 is 0 Å². The fourth-order valence-electron chi connectivity index (χ4n) is 2.80. The minimum Gasteiger partial charge on any atom is -0.469 e. The number of carbonyl (C=O) groups excluding carboxylic acids is 2. The van der Waals surface area contributed by atoms with Crippen LogP contribution in [0.2, 0.25) is 0 Å². The second-order valence-electron chi connectivity index (χ2n) is 5.35. The molecule has 1 aromatic carbocycles. The molecule has 1 aliphatic rings. The molecular weight excluding hydrogens is 266 g/mol. The predicted molar refractivity (Wildman–Crippen MR) is 80.8 cm³/mol. The Morgan fingerprint density at radius 2 is 2.10 bits per heavy atom. The molecule has 4 heteroatoms. The van der Waals surface area contributed by atoms with E-state index in [-0.39, 0.29) is 23.7 Å². The van der Waals surface area contributed by atoms with Crippen LogP contribution in [0.15, 0.2) is 43.0 Å². The standard InChI is InChI=1S/C17H21NO3/c1-3-13-12-18(10-9-15(13)11-16(19)21-2)17(20)14-7-5-4-6-8-14/h3-8,13,15H,1,9-12H2,2H3/t13-,15-/m1/s1. The van der Waals surface area contributed by atoms with Crippen molar-refractivity contribution >= 4 is 11.9 Å². The summed E-state index contributed by atoms with van der Waals surface area (Å²) in [6.45, 7) is 5.12. The molecule has 0 bridgehead atoms. The number of benzene rings is 1. The summed E-state index contributed by atoms with van der Waals surface area (Å²) in [6.07, 6.45) is 3.03. The number of methoxy groups -OCH3 is 1. The van der Waals surface area contributed by atoms with Gasteiger partial charge in [0.1, 0.15) is 0 Å². The van der Waals surface area contributed by atoms with Crippen LogP contribution in [-0.4, -0.2) is 37.0 Å². The molecule has 0 saturated carbocycles. The SMILES string of the molecule is C=C[C@@H]1CN(C(=O)c2ccccc2)CC[C@@H]1CC(=O)OC. The monoisotopic (exact) mass is 287 g/mol. The molecule has 1 fully saturated rings. The lowest BCUT2D eigenvalue weighted by atomic mass is 9.83. The third-order valence-corrected chi connectivity index (χ3v) is 4.07. The van der Waals surface area contributed by atoms with E-state index in [2.05, 4.69) is 6.58 Å². The van der Waals surface area contributed by atoms with Crippen molar-refractivity contribution in [3.63, 3.8) is 0 Å². The number of hydrogen-bond donors (Lipinski definition) is 0. The molecule has 112 valence electrons. The van der Waals surface area contributed by atoms with Crippen LogP contribution in [0.3, 0.4) is 0 Å². The van der Waals surface area contributed by atoms with Crippen molar-refractivity contribution in [1.82, 2.24) is 4.90 Å². The number of esters is 1. The Bertz CT molecular complexity index is 512. The van der Waals surface area contributed by atoms with Crippen molar-refractivity contribution in [2.45, 2.75) is 12.8 Å². The molecule has 0 aliphatic carbocycles. The van der Waals surface area contributed by atoms with Crippen molar-refractivity contribution in [3.05, 3.63) is 48.6 Å².